The number of amides is 1. The van der Waals surface area contributed by atoms with Crippen LogP contribution in [0.2, 0.25) is 0 Å². The maximum Gasteiger partial charge on any atom is 0.278 e. The summed E-state index contributed by atoms with van der Waals surface area (Å²) in [5, 5.41) is 9.65. The molecule has 0 radical (unpaired) electrons. The van der Waals surface area contributed by atoms with Crippen molar-refractivity contribution in [3.63, 3.8) is 0 Å². The van der Waals surface area contributed by atoms with Gasteiger partial charge in [0.25, 0.3) is 5.91 Å². The fraction of sp³-hybridized carbons (Fsp3) is 0.286. The number of halogens is 1. The number of benzene rings is 1. The van der Waals surface area contributed by atoms with Gasteiger partial charge in [-0.15, -0.1) is 0 Å². The van der Waals surface area contributed by atoms with Crippen LogP contribution in [0.5, 0.6) is 0 Å². The van der Waals surface area contributed by atoms with Gasteiger partial charge in [0.1, 0.15) is 0 Å². The van der Waals surface area contributed by atoms with E-state index >= 15 is 0 Å². The molecule has 106 valence electrons. The Kier molecular flexibility index (Phi) is 4.13. The summed E-state index contributed by atoms with van der Waals surface area (Å²) < 4.78 is 0.967. The average Bonchev–Trinajstić information content (AvgIpc) is 2.74. The minimum atomic E-state index is -0.309. The molecule has 0 spiro atoms. The normalized spacial score (nSPS) is 10.8. The lowest BCUT2D eigenvalue weighted by molar-refractivity contribution is 0.102. The van der Waals surface area contributed by atoms with Gasteiger partial charge in [-0.1, -0.05) is 29.8 Å². The molecule has 5 nitrogen and oxygen atoms in total. The van der Waals surface area contributed by atoms with Crippen LogP contribution in [-0.4, -0.2) is 16.1 Å². The van der Waals surface area contributed by atoms with Crippen molar-refractivity contribution in [3.8, 4) is 0 Å². The van der Waals surface area contributed by atoms with E-state index < -0.39 is 0 Å². The van der Waals surface area contributed by atoms with Gasteiger partial charge in [-0.25, -0.2) is 0 Å². The van der Waals surface area contributed by atoms with Gasteiger partial charge in [0, 0.05) is 10.2 Å². The molecular weight excluding hydrogens is 320 g/mol. The summed E-state index contributed by atoms with van der Waals surface area (Å²) in [5.74, 6) is -0.116. The summed E-state index contributed by atoms with van der Waals surface area (Å²) in [7, 11) is 0. The minimum absolute atomic E-state index is 0.193. The van der Waals surface area contributed by atoms with E-state index in [0.717, 1.165) is 21.4 Å². The van der Waals surface area contributed by atoms with E-state index in [1.165, 1.54) is 0 Å². The van der Waals surface area contributed by atoms with Crippen molar-refractivity contribution in [2.24, 2.45) is 0 Å². The van der Waals surface area contributed by atoms with Crippen molar-refractivity contribution in [3.05, 3.63) is 39.6 Å². The Morgan fingerprint density at radius 2 is 2.15 bits per heavy atom. The molecule has 1 aromatic carbocycles. The molecule has 1 aromatic heterocycles. The molecule has 0 bridgehead atoms. The fourth-order valence-electron chi connectivity index (χ4n) is 1.93. The third-order valence-electron chi connectivity index (χ3n) is 3.06. The van der Waals surface area contributed by atoms with Crippen LogP contribution in [0.25, 0.3) is 0 Å². The zero-order valence-corrected chi connectivity index (χ0v) is 13.2. The zero-order chi connectivity index (χ0) is 14.9. The molecule has 1 amide bonds. The summed E-state index contributed by atoms with van der Waals surface area (Å²) in [6.07, 6.45) is 0. The van der Waals surface area contributed by atoms with Gasteiger partial charge in [-0.3, -0.25) is 9.89 Å². The Morgan fingerprint density at radius 1 is 1.45 bits per heavy atom. The number of rotatable bonds is 3. The van der Waals surface area contributed by atoms with Gasteiger partial charge >= 0.3 is 0 Å². The minimum Gasteiger partial charge on any atom is -0.395 e. The number of hydrogen-bond acceptors (Lipinski definition) is 3. The predicted octanol–water partition coefficient (Wildman–Crippen LogP) is 3.44. The second-order valence-electron chi connectivity index (χ2n) is 4.97. The fourth-order valence-corrected chi connectivity index (χ4v) is 2.40. The summed E-state index contributed by atoms with van der Waals surface area (Å²) in [6, 6.07) is 5.64. The first-order valence-electron chi connectivity index (χ1n) is 6.31. The summed E-state index contributed by atoms with van der Waals surface area (Å²) in [6.45, 7) is 5.91. The lowest BCUT2D eigenvalue weighted by Gasteiger charge is -2.08. The van der Waals surface area contributed by atoms with E-state index in [0.29, 0.717) is 5.69 Å². The van der Waals surface area contributed by atoms with Gasteiger partial charge in [0.05, 0.1) is 11.4 Å². The van der Waals surface area contributed by atoms with Crippen LogP contribution in [0.15, 0.2) is 22.7 Å². The number of H-pyrrole nitrogens is 1. The van der Waals surface area contributed by atoms with Gasteiger partial charge in [-0.05, 0) is 36.6 Å². The molecule has 4 N–H and O–H groups in total. The van der Waals surface area contributed by atoms with Crippen LogP contribution in [-0.2, 0) is 0 Å². The Labute approximate surface area is 126 Å². The predicted molar refractivity (Wildman–Crippen MR) is 83.9 cm³/mol. The number of aromatic nitrogens is 2. The van der Waals surface area contributed by atoms with Crippen molar-refractivity contribution >= 4 is 33.2 Å². The number of hydrogen-bond donors (Lipinski definition) is 3. The van der Waals surface area contributed by atoms with Crippen molar-refractivity contribution in [1.29, 1.82) is 0 Å². The number of aryl methyl sites for hydroxylation is 1. The Hall–Kier alpha value is -1.82. The first-order valence-corrected chi connectivity index (χ1v) is 7.10. The van der Waals surface area contributed by atoms with Gasteiger partial charge in [0.2, 0.25) is 0 Å². The number of carbonyl (C=O) groups is 1. The molecule has 2 rings (SSSR count). The second kappa shape index (κ2) is 5.66. The molecular formula is C14H17BrN4O. The van der Waals surface area contributed by atoms with E-state index in [1.807, 2.05) is 39.0 Å². The number of anilines is 2. The third kappa shape index (κ3) is 2.85. The van der Waals surface area contributed by atoms with E-state index in [1.54, 1.807) is 0 Å². The van der Waals surface area contributed by atoms with Crippen LogP contribution < -0.4 is 11.1 Å². The number of aromatic amines is 1. The molecule has 6 heteroatoms. The molecule has 20 heavy (non-hydrogen) atoms. The quantitative estimate of drug-likeness (QED) is 0.802. The van der Waals surface area contributed by atoms with E-state index in [2.05, 4.69) is 31.4 Å². The van der Waals surface area contributed by atoms with Crippen LogP contribution in [0.3, 0.4) is 0 Å². The molecule has 0 fully saturated rings. The number of carbonyl (C=O) groups excluding carboxylic acids is 1. The second-order valence-corrected chi connectivity index (χ2v) is 5.88. The highest BCUT2D eigenvalue weighted by atomic mass is 79.9. The monoisotopic (exact) mass is 336 g/mol. The van der Waals surface area contributed by atoms with Gasteiger partial charge < -0.3 is 11.1 Å². The molecule has 0 saturated carbocycles. The van der Waals surface area contributed by atoms with E-state index in [9.17, 15) is 4.79 Å². The van der Waals surface area contributed by atoms with Gasteiger partial charge in [-0.2, -0.15) is 5.10 Å². The van der Waals surface area contributed by atoms with E-state index in [4.69, 9.17) is 5.73 Å². The molecule has 0 aliphatic heterocycles. The van der Waals surface area contributed by atoms with Crippen LogP contribution in [0.1, 0.15) is 41.5 Å². The summed E-state index contributed by atoms with van der Waals surface area (Å²) in [4.78, 5) is 12.2. The highest BCUT2D eigenvalue weighted by molar-refractivity contribution is 9.10. The number of nitrogens with two attached hydrogens (primary N) is 1. The molecule has 0 atom stereocenters. The van der Waals surface area contributed by atoms with Gasteiger partial charge in [0.15, 0.2) is 5.69 Å². The summed E-state index contributed by atoms with van der Waals surface area (Å²) >= 11 is 3.39. The standard InChI is InChI=1S/C14H17BrN4O/c1-7(2)12-11(16)13(19-18-12)14(20)17-10-5-4-9(15)6-8(10)3/h4-7H,16H2,1-3H3,(H,17,20)(H,18,19). The Balaban J connectivity index is 2.24. The smallest absolute Gasteiger partial charge is 0.278 e. The highest BCUT2D eigenvalue weighted by Gasteiger charge is 2.19. The van der Waals surface area contributed by atoms with Crippen molar-refractivity contribution in [2.75, 3.05) is 11.1 Å². The number of nitrogen functional groups attached to an aromatic ring is 1. The Bertz CT molecular complexity index is 649. The molecule has 0 unspecified atom stereocenters. The maximum absolute atomic E-state index is 12.2. The summed E-state index contributed by atoms with van der Waals surface area (Å²) in [5.41, 5.74) is 9.09. The number of nitrogens with zero attached hydrogens (tertiary/aromatic N) is 1. The SMILES string of the molecule is Cc1cc(Br)ccc1NC(=O)c1n[nH]c(C(C)C)c1N. The van der Waals surface area contributed by atoms with Crippen molar-refractivity contribution in [1.82, 2.24) is 10.2 Å². The molecule has 0 aliphatic carbocycles. The Morgan fingerprint density at radius 3 is 2.70 bits per heavy atom. The highest BCUT2D eigenvalue weighted by Crippen LogP contribution is 2.24. The van der Waals surface area contributed by atoms with Crippen LogP contribution in [0.4, 0.5) is 11.4 Å². The average molecular weight is 337 g/mol. The van der Waals surface area contributed by atoms with Crippen LogP contribution >= 0.6 is 15.9 Å². The molecule has 2 aromatic rings. The number of nitrogens with one attached hydrogen (secondary N) is 2. The lowest BCUT2D eigenvalue weighted by atomic mass is 10.1. The zero-order valence-electron chi connectivity index (χ0n) is 11.6. The molecule has 0 aliphatic rings. The first kappa shape index (κ1) is 14.6. The topological polar surface area (TPSA) is 83.8 Å². The largest absolute Gasteiger partial charge is 0.395 e. The van der Waals surface area contributed by atoms with E-state index in [-0.39, 0.29) is 17.5 Å². The van der Waals surface area contributed by atoms with Crippen molar-refractivity contribution in [2.45, 2.75) is 26.7 Å². The van der Waals surface area contributed by atoms with Crippen molar-refractivity contribution < 1.29 is 4.79 Å². The molecule has 0 saturated heterocycles. The van der Waals surface area contributed by atoms with Crippen LogP contribution in [0, 0.1) is 6.92 Å². The first-order chi connectivity index (χ1) is 9.40. The maximum atomic E-state index is 12.2. The third-order valence-corrected chi connectivity index (χ3v) is 3.56. The molecule has 1 heterocycles. The lowest BCUT2D eigenvalue weighted by Crippen LogP contribution is -2.15.